The number of aromatic hydroxyl groups is 1. The second-order valence-corrected chi connectivity index (χ2v) is 13.8. The topological polar surface area (TPSA) is 166 Å². The molecule has 1 aliphatic heterocycles. The van der Waals surface area contributed by atoms with Crippen molar-refractivity contribution in [3.63, 3.8) is 0 Å². The molecule has 50 heavy (non-hydrogen) atoms. The van der Waals surface area contributed by atoms with Gasteiger partial charge in [-0.3, -0.25) is 14.4 Å². The van der Waals surface area contributed by atoms with Gasteiger partial charge in [-0.15, -0.1) is 0 Å². The number of aryl methyl sites for hydroxylation is 2. The Morgan fingerprint density at radius 3 is 2.34 bits per heavy atom. The van der Waals surface area contributed by atoms with Gasteiger partial charge in [0.2, 0.25) is 0 Å². The molecular weight excluding hydrogens is 782 g/mol. The summed E-state index contributed by atoms with van der Waals surface area (Å²) in [5, 5.41) is 11.3. The Labute approximate surface area is 299 Å². The molecule has 14 nitrogen and oxygen atoms in total. The first-order valence-electron chi connectivity index (χ1n) is 15.4. The molecular formula is C34H29Br2N5O9. The van der Waals surface area contributed by atoms with E-state index < -0.39 is 40.5 Å². The average molecular weight is 811 g/mol. The second kappa shape index (κ2) is 12.4. The van der Waals surface area contributed by atoms with Crippen molar-refractivity contribution in [3.8, 4) is 23.0 Å². The number of benzene rings is 2. The van der Waals surface area contributed by atoms with Crippen LogP contribution in [0.25, 0.3) is 11.0 Å². The Kier molecular flexibility index (Phi) is 8.33. The zero-order valence-electron chi connectivity index (χ0n) is 27.2. The number of halogens is 2. The molecule has 2 unspecified atom stereocenters. The average Bonchev–Trinajstić information content (AvgIpc) is 3.35. The number of carbonyl (C=O) groups is 2. The first-order valence-corrected chi connectivity index (χ1v) is 17.0. The first-order chi connectivity index (χ1) is 23.9. The largest absolute Gasteiger partial charge is 0.504 e. The third kappa shape index (κ3) is 5.02. The Hall–Kier alpha value is -4.96. The van der Waals surface area contributed by atoms with E-state index in [-0.39, 0.29) is 58.8 Å². The number of phenolic OH excluding ortho intramolecular Hbond substituents is 1. The van der Waals surface area contributed by atoms with Gasteiger partial charge < -0.3 is 23.9 Å². The minimum atomic E-state index is -0.928. The van der Waals surface area contributed by atoms with E-state index in [9.17, 15) is 29.1 Å². The minimum Gasteiger partial charge on any atom is -0.504 e. The molecule has 258 valence electrons. The molecule has 0 amide bonds. The highest BCUT2D eigenvalue weighted by molar-refractivity contribution is 9.12. The van der Waals surface area contributed by atoms with Gasteiger partial charge in [-0.25, -0.2) is 28.5 Å². The van der Waals surface area contributed by atoms with Crippen molar-refractivity contribution in [2.45, 2.75) is 37.9 Å². The Bertz CT molecular complexity index is 2470. The number of hydrogen-bond acceptors (Lipinski definition) is 10. The highest BCUT2D eigenvalue weighted by Gasteiger charge is 2.46. The van der Waals surface area contributed by atoms with Crippen LogP contribution in [-0.2, 0) is 36.1 Å². The van der Waals surface area contributed by atoms with Crippen LogP contribution in [0.4, 0.5) is 0 Å². The number of hydrogen-bond donors (Lipinski definition) is 1. The second-order valence-electron chi connectivity index (χ2n) is 12.0. The number of nitrogens with zero attached hydrogens (tertiary/aromatic N) is 5. The van der Waals surface area contributed by atoms with Crippen LogP contribution in [0.5, 0.6) is 23.0 Å². The Balaban J connectivity index is 1.32. The van der Waals surface area contributed by atoms with Crippen molar-refractivity contribution in [1.29, 1.82) is 0 Å². The molecule has 0 saturated heterocycles. The van der Waals surface area contributed by atoms with Crippen molar-refractivity contribution >= 4 is 54.5 Å². The maximum absolute atomic E-state index is 14.1. The van der Waals surface area contributed by atoms with E-state index in [0.717, 1.165) is 4.57 Å². The molecule has 2 aromatic heterocycles. The number of carbonyl (C=O) groups excluding carboxylic acids is 2. The standard InChI is InChI=1S/C34H29Br2N5O9/c1-38-23-14-26(49-3)25(48-2)13-21(23)37-20(32(38)45)6-7-39-33(46)40-8-5-16-22(41(40)34(39)47)11-18-29(24(42)12-19(36)30(18)43)28(16)17-9-15(35)10-27(50-4)31(17)44/h5,9-10,12-14,22,28,44H,6-8,11H2,1-4H3. The van der Waals surface area contributed by atoms with Crippen LogP contribution >= 0.6 is 31.9 Å². The summed E-state index contributed by atoms with van der Waals surface area (Å²) in [6.07, 6.45) is 2.89. The fourth-order valence-corrected chi connectivity index (χ4v) is 8.03. The van der Waals surface area contributed by atoms with E-state index in [0.29, 0.717) is 38.1 Å². The minimum absolute atomic E-state index is 0.0167. The smallest absolute Gasteiger partial charge is 0.347 e. The fraction of sp³-hybridized carbons (Fsp3) is 0.294. The van der Waals surface area contributed by atoms with Crippen LogP contribution in [0.15, 0.2) is 76.5 Å². The summed E-state index contributed by atoms with van der Waals surface area (Å²) in [7, 11) is 5.97. The quantitative estimate of drug-likeness (QED) is 0.217. The molecule has 1 N–H and O–H groups in total. The summed E-state index contributed by atoms with van der Waals surface area (Å²) >= 11 is 6.65. The van der Waals surface area contributed by atoms with Crippen molar-refractivity contribution in [2.75, 3.05) is 21.3 Å². The number of allylic oxidation sites excluding steroid dienone is 6. The predicted molar refractivity (Wildman–Crippen MR) is 188 cm³/mol. The van der Waals surface area contributed by atoms with Gasteiger partial charge >= 0.3 is 11.4 Å². The maximum atomic E-state index is 14.1. The van der Waals surface area contributed by atoms with Crippen LogP contribution in [0.3, 0.4) is 0 Å². The Morgan fingerprint density at radius 2 is 1.64 bits per heavy atom. The molecule has 0 radical (unpaired) electrons. The van der Waals surface area contributed by atoms with Gasteiger partial charge in [0.05, 0.1) is 49.4 Å². The monoisotopic (exact) mass is 809 g/mol. The predicted octanol–water partition coefficient (Wildman–Crippen LogP) is 3.19. The van der Waals surface area contributed by atoms with E-state index in [4.69, 9.17) is 14.2 Å². The van der Waals surface area contributed by atoms with Crippen molar-refractivity contribution in [2.24, 2.45) is 7.05 Å². The molecule has 0 spiro atoms. The van der Waals surface area contributed by atoms with Gasteiger partial charge in [-0.05, 0) is 33.6 Å². The molecule has 0 bridgehead atoms. The van der Waals surface area contributed by atoms with Crippen LogP contribution in [0.2, 0.25) is 0 Å². The van der Waals surface area contributed by atoms with E-state index in [2.05, 4.69) is 36.8 Å². The molecule has 0 saturated carbocycles. The number of aromatic nitrogens is 5. The molecule has 2 aliphatic carbocycles. The maximum Gasteiger partial charge on any atom is 0.347 e. The van der Waals surface area contributed by atoms with Crippen LogP contribution in [0.1, 0.15) is 29.6 Å². The number of phenols is 1. The van der Waals surface area contributed by atoms with Crippen molar-refractivity contribution in [1.82, 2.24) is 23.5 Å². The normalized spacial score (nSPS) is 18.4. The number of ether oxygens (including phenoxy) is 3. The summed E-state index contributed by atoms with van der Waals surface area (Å²) in [4.78, 5) is 72.9. The number of rotatable bonds is 7. The third-order valence-electron chi connectivity index (χ3n) is 9.50. The number of Topliss-reactive ketones (excluding diaryl/α,β-unsaturated/α-hetero) is 1. The highest BCUT2D eigenvalue weighted by atomic mass is 79.9. The molecule has 16 heteroatoms. The highest BCUT2D eigenvalue weighted by Crippen LogP contribution is 2.53. The Morgan fingerprint density at radius 1 is 0.940 bits per heavy atom. The number of methoxy groups -OCH3 is 3. The van der Waals surface area contributed by atoms with Crippen LogP contribution in [0, 0.1) is 0 Å². The lowest BCUT2D eigenvalue weighted by Gasteiger charge is -2.39. The molecule has 3 aliphatic rings. The van der Waals surface area contributed by atoms with Gasteiger partial charge in [0.15, 0.2) is 34.6 Å². The molecule has 2 aromatic carbocycles. The lowest BCUT2D eigenvalue weighted by atomic mass is 9.68. The summed E-state index contributed by atoms with van der Waals surface area (Å²) in [5.41, 5.74) is 0.679. The van der Waals surface area contributed by atoms with Crippen molar-refractivity contribution < 1.29 is 28.9 Å². The summed E-state index contributed by atoms with van der Waals surface area (Å²) in [5.74, 6) is -0.991. The van der Waals surface area contributed by atoms with Crippen LogP contribution < -0.4 is 31.1 Å². The van der Waals surface area contributed by atoms with E-state index in [1.807, 2.05) is 0 Å². The number of ketones is 2. The van der Waals surface area contributed by atoms with Gasteiger partial charge in [-0.2, -0.15) is 0 Å². The van der Waals surface area contributed by atoms with Gasteiger partial charge in [0, 0.05) is 71.7 Å². The molecule has 2 atom stereocenters. The van der Waals surface area contributed by atoms with Crippen molar-refractivity contribution in [3.05, 3.63) is 105 Å². The molecule has 7 rings (SSSR count). The third-order valence-corrected chi connectivity index (χ3v) is 10.5. The SMILES string of the molecule is COc1cc2nc(CCn3c(=O)n4n(c3=O)C3CC5=C(C(=O)C=C(Br)C5=O)C(c5cc(Br)cc(OC)c5O)C3=CC4)c(=O)n(C)c2cc1OC. The van der Waals surface area contributed by atoms with Gasteiger partial charge in [0.25, 0.3) is 5.56 Å². The lowest BCUT2D eigenvalue weighted by molar-refractivity contribution is -0.115. The first kappa shape index (κ1) is 33.5. The molecule has 0 fully saturated rings. The van der Waals surface area contributed by atoms with Gasteiger partial charge in [-0.1, -0.05) is 22.0 Å². The lowest BCUT2D eigenvalue weighted by Crippen LogP contribution is -2.40. The fourth-order valence-electron chi connectivity index (χ4n) is 7.13. The molecule has 4 aromatic rings. The summed E-state index contributed by atoms with van der Waals surface area (Å²) < 4.78 is 21.8. The zero-order valence-corrected chi connectivity index (χ0v) is 30.3. The number of fused-ring (bicyclic) bond motifs is 4. The molecule has 3 heterocycles. The summed E-state index contributed by atoms with van der Waals surface area (Å²) in [6.45, 7) is -0.169. The van der Waals surface area contributed by atoms with Gasteiger partial charge in [0.1, 0.15) is 5.69 Å². The van der Waals surface area contributed by atoms with Crippen LogP contribution in [-0.4, -0.2) is 61.5 Å². The summed E-state index contributed by atoms with van der Waals surface area (Å²) in [6, 6.07) is 5.66. The zero-order chi connectivity index (χ0) is 35.8. The van der Waals surface area contributed by atoms with E-state index in [1.165, 1.54) is 41.3 Å². The van der Waals surface area contributed by atoms with E-state index in [1.54, 1.807) is 37.4 Å². The van der Waals surface area contributed by atoms with E-state index >= 15 is 0 Å².